The number of fused-ring (bicyclic) bond motifs is 1. The topological polar surface area (TPSA) is 82.2 Å². The van der Waals surface area contributed by atoms with Gasteiger partial charge in [0.2, 0.25) is 0 Å². The summed E-state index contributed by atoms with van der Waals surface area (Å²) in [7, 11) is 0. The first-order valence-electron chi connectivity index (χ1n) is 7.49. The summed E-state index contributed by atoms with van der Waals surface area (Å²) in [6.45, 7) is 3.92. The molecule has 23 heavy (non-hydrogen) atoms. The number of carbonyl (C=O) groups is 2. The lowest BCUT2D eigenvalue weighted by molar-refractivity contribution is -0.137. The quantitative estimate of drug-likeness (QED) is 0.759. The Bertz CT molecular complexity index is 831. The highest BCUT2D eigenvalue weighted by molar-refractivity contribution is 6.35. The standard InChI is InChI=1S/C18H18N2O3/c1-10-4-3-5-14-17(10)13(18(23)20-14)8-15-11(2)12(9-19-15)6-7-16(21)22/h3-5,8-9,19H,6-7H2,1-2H3,(H,20,23)(H,21,22). The number of hydrogen-bond acceptors (Lipinski definition) is 2. The van der Waals surface area contributed by atoms with Gasteiger partial charge in [-0.15, -0.1) is 0 Å². The summed E-state index contributed by atoms with van der Waals surface area (Å²) in [5, 5.41) is 11.7. The molecule has 0 fully saturated rings. The first-order valence-corrected chi connectivity index (χ1v) is 7.49. The van der Waals surface area contributed by atoms with E-state index in [4.69, 9.17) is 5.11 Å². The van der Waals surface area contributed by atoms with Gasteiger partial charge < -0.3 is 15.4 Å². The van der Waals surface area contributed by atoms with E-state index < -0.39 is 5.97 Å². The molecule has 0 spiro atoms. The van der Waals surface area contributed by atoms with Gasteiger partial charge in [0, 0.05) is 29.6 Å². The third-order valence-electron chi connectivity index (χ3n) is 4.22. The van der Waals surface area contributed by atoms with Crippen LogP contribution in [0.1, 0.15) is 34.4 Å². The molecule has 0 unspecified atom stereocenters. The van der Waals surface area contributed by atoms with Crippen LogP contribution in [0.2, 0.25) is 0 Å². The maximum Gasteiger partial charge on any atom is 0.303 e. The lowest BCUT2D eigenvalue weighted by Crippen LogP contribution is -2.03. The van der Waals surface area contributed by atoms with Crippen LogP contribution in [0.15, 0.2) is 24.4 Å². The molecule has 2 heterocycles. The minimum Gasteiger partial charge on any atom is -0.481 e. The second-order valence-electron chi connectivity index (χ2n) is 5.76. The predicted octanol–water partition coefficient (Wildman–Crippen LogP) is 3.14. The van der Waals surface area contributed by atoms with E-state index >= 15 is 0 Å². The maximum atomic E-state index is 12.2. The van der Waals surface area contributed by atoms with Crippen LogP contribution in [0, 0.1) is 13.8 Å². The smallest absolute Gasteiger partial charge is 0.303 e. The van der Waals surface area contributed by atoms with E-state index in [1.807, 2.05) is 44.3 Å². The van der Waals surface area contributed by atoms with Crippen LogP contribution in [0.5, 0.6) is 0 Å². The number of benzene rings is 1. The summed E-state index contributed by atoms with van der Waals surface area (Å²) in [4.78, 5) is 26.1. The number of carbonyl (C=O) groups excluding carboxylic acids is 1. The number of anilines is 1. The van der Waals surface area contributed by atoms with E-state index in [1.54, 1.807) is 0 Å². The van der Waals surface area contributed by atoms with Crippen LogP contribution in [0.3, 0.4) is 0 Å². The van der Waals surface area contributed by atoms with Crippen molar-refractivity contribution in [3.05, 3.63) is 52.3 Å². The third-order valence-corrected chi connectivity index (χ3v) is 4.22. The minimum atomic E-state index is -0.815. The van der Waals surface area contributed by atoms with E-state index in [2.05, 4.69) is 10.3 Å². The molecule has 1 aromatic heterocycles. The summed E-state index contributed by atoms with van der Waals surface area (Å²) in [5.41, 5.74) is 6.22. The van der Waals surface area contributed by atoms with E-state index in [1.165, 1.54) is 0 Å². The Hall–Kier alpha value is -2.82. The van der Waals surface area contributed by atoms with Crippen molar-refractivity contribution in [3.8, 4) is 0 Å². The van der Waals surface area contributed by atoms with Crippen LogP contribution in [-0.4, -0.2) is 22.0 Å². The molecule has 1 aliphatic rings. The van der Waals surface area contributed by atoms with Gasteiger partial charge >= 0.3 is 5.97 Å². The maximum absolute atomic E-state index is 12.2. The Morgan fingerprint density at radius 2 is 2.09 bits per heavy atom. The Kier molecular flexibility index (Phi) is 3.78. The molecule has 0 saturated heterocycles. The van der Waals surface area contributed by atoms with Crippen molar-refractivity contribution in [2.75, 3.05) is 5.32 Å². The van der Waals surface area contributed by atoms with Gasteiger partial charge in [0.05, 0.1) is 5.57 Å². The zero-order valence-corrected chi connectivity index (χ0v) is 13.1. The molecule has 0 saturated carbocycles. The molecular formula is C18H18N2O3. The van der Waals surface area contributed by atoms with Crippen molar-refractivity contribution in [3.63, 3.8) is 0 Å². The summed E-state index contributed by atoms with van der Waals surface area (Å²) in [6.07, 6.45) is 4.23. The number of nitrogens with one attached hydrogen (secondary N) is 2. The number of amides is 1. The fraction of sp³-hybridized carbons (Fsp3) is 0.222. The average molecular weight is 310 g/mol. The van der Waals surface area contributed by atoms with Gasteiger partial charge in [-0.3, -0.25) is 9.59 Å². The van der Waals surface area contributed by atoms with E-state index in [0.29, 0.717) is 12.0 Å². The molecule has 0 atom stereocenters. The Balaban J connectivity index is 1.97. The largest absolute Gasteiger partial charge is 0.481 e. The highest BCUT2D eigenvalue weighted by atomic mass is 16.4. The second kappa shape index (κ2) is 5.76. The summed E-state index contributed by atoms with van der Waals surface area (Å²) < 4.78 is 0. The monoisotopic (exact) mass is 310 g/mol. The number of H-pyrrole nitrogens is 1. The number of rotatable bonds is 4. The molecule has 1 aliphatic heterocycles. The van der Waals surface area contributed by atoms with Gasteiger partial charge in [-0.2, -0.15) is 0 Å². The SMILES string of the molecule is Cc1cccc2c1C(=Cc1[nH]cc(CCC(=O)O)c1C)C(=O)N2. The zero-order valence-electron chi connectivity index (χ0n) is 13.1. The molecule has 2 aromatic rings. The van der Waals surface area contributed by atoms with E-state index in [9.17, 15) is 9.59 Å². The zero-order chi connectivity index (χ0) is 16.6. The Morgan fingerprint density at radius 1 is 1.30 bits per heavy atom. The summed E-state index contributed by atoms with van der Waals surface area (Å²) >= 11 is 0. The Labute approximate surface area is 134 Å². The number of carboxylic acid groups (broad SMARTS) is 1. The first-order chi connectivity index (χ1) is 11.0. The summed E-state index contributed by atoms with van der Waals surface area (Å²) in [6, 6.07) is 5.79. The lowest BCUT2D eigenvalue weighted by atomic mass is 9.99. The van der Waals surface area contributed by atoms with E-state index in [-0.39, 0.29) is 12.3 Å². The number of carboxylic acids is 1. The molecule has 3 rings (SSSR count). The van der Waals surface area contributed by atoms with Crippen molar-refractivity contribution in [1.82, 2.24) is 4.98 Å². The van der Waals surface area contributed by atoms with Gasteiger partial charge in [0.25, 0.3) is 5.91 Å². The normalized spacial score (nSPS) is 14.9. The summed E-state index contributed by atoms with van der Waals surface area (Å²) in [5.74, 6) is -0.930. The molecule has 5 nitrogen and oxygen atoms in total. The molecule has 1 amide bonds. The van der Waals surface area contributed by atoms with Crippen LogP contribution in [-0.2, 0) is 16.0 Å². The average Bonchev–Trinajstić information content (AvgIpc) is 3.00. The van der Waals surface area contributed by atoms with Crippen molar-refractivity contribution < 1.29 is 14.7 Å². The number of aromatic nitrogens is 1. The molecule has 1 aromatic carbocycles. The fourth-order valence-electron chi connectivity index (χ4n) is 2.92. The molecule has 0 bridgehead atoms. The Morgan fingerprint density at radius 3 is 2.83 bits per heavy atom. The van der Waals surface area contributed by atoms with Crippen molar-refractivity contribution in [1.29, 1.82) is 0 Å². The second-order valence-corrected chi connectivity index (χ2v) is 5.76. The van der Waals surface area contributed by atoms with Gasteiger partial charge in [-0.05, 0) is 49.1 Å². The molecule has 0 radical (unpaired) electrons. The third kappa shape index (κ3) is 2.77. The molecule has 5 heteroatoms. The molecule has 118 valence electrons. The number of aryl methyl sites for hydroxylation is 2. The van der Waals surface area contributed by atoms with Gasteiger partial charge in [0.1, 0.15) is 0 Å². The van der Waals surface area contributed by atoms with Crippen molar-refractivity contribution >= 4 is 29.2 Å². The van der Waals surface area contributed by atoms with E-state index in [0.717, 1.165) is 33.6 Å². The molecular weight excluding hydrogens is 292 g/mol. The van der Waals surface area contributed by atoms with Gasteiger partial charge in [-0.25, -0.2) is 0 Å². The number of hydrogen-bond donors (Lipinski definition) is 3. The minimum absolute atomic E-state index is 0.0944. The number of aromatic amines is 1. The van der Waals surface area contributed by atoms with Crippen LogP contribution in [0.4, 0.5) is 5.69 Å². The fourth-order valence-corrected chi connectivity index (χ4v) is 2.92. The lowest BCUT2D eigenvalue weighted by Gasteiger charge is -2.03. The number of aliphatic carboxylic acids is 1. The molecule has 3 N–H and O–H groups in total. The van der Waals surface area contributed by atoms with Gasteiger partial charge in [-0.1, -0.05) is 12.1 Å². The van der Waals surface area contributed by atoms with Crippen molar-refractivity contribution in [2.24, 2.45) is 0 Å². The van der Waals surface area contributed by atoms with Crippen molar-refractivity contribution in [2.45, 2.75) is 26.7 Å². The molecule has 0 aliphatic carbocycles. The van der Waals surface area contributed by atoms with Crippen LogP contribution >= 0.6 is 0 Å². The first kappa shape index (κ1) is 15.1. The highest BCUT2D eigenvalue weighted by Crippen LogP contribution is 2.35. The van der Waals surface area contributed by atoms with Gasteiger partial charge in [0.15, 0.2) is 0 Å². The highest BCUT2D eigenvalue weighted by Gasteiger charge is 2.25. The van der Waals surface area contributed by atoms with Crippen LogP contribution < -0.4 is 5.32 Å². The predicted molar refractivity (Wildman–Crippen MR) is 89.2 cm³/mol. The van der Waals surface area contributed by atoms with Crippen LogP contribution in [0.25, 0.3) is 11.6 Å².